The van der Waals surface area contributed by atoms with Crippen molar-refractivity contribution in [3.63, 3.8) is 0 Å². The first-order chi connectivity index (χ1) is 17.2. The van der Waals surface area contributed by atoms with Crippen LogP contribution in [0.3, 0.4) is 0 Å². The lowest BCUT2D eigenvalue weighted by Crippen LogP contribution is -2.35. The van der Waals surface area contributed by atoms with Crippen molar-refractivity contribution in [3.8, 4) is 0 Å². The van der Waals surface area contributed by atoms with Crippen molar-refractivity contribution in [2.75, 3.05) is 31.1 Å². The molecule has 0 radical (unpaired) electrons. The average Bonchev–Trinajstić information content (AvgIpc) is 3.44. The third-order valence-corrected chi connectivity index (χ3v) is 6.74. The summed E-state index contributed by atoms with van der Waals surface area (Å²) in [4.78, 5) is 25.6. The smallest absolute Gasteiger partial charge is 0.397 e. The van der Waals surface area contributed by atoms with E-state index in [-0.39, 0.29) is 34.6 Å². The molecule has 1 amide bonds. The summed E-state index contributed by atoms with van der Waals surface area (Å²) in [5.74, 6) is -0.138. The number of anilines is 1. The number of alkyl halides is 3. The normalized spacial score (nSPS) is 20.3. The number of hydrogen-bond donors (Lipinski definition) is 1. The van der Waals surface area contributed by atoms with Crippen LogP contribution in [0.5, 0.6) is 0 Å². The first-order valence-electron chi connectivity index (χ1n) is 11.5. The molecule has 2 atom stereocenters. The van der Waals surface area contributed by atoms with E-state index in [2.05, 4.69) is 9.97 Å². The van der Waals surface area contributed by atoms with Gasteiger partial charge in [-0.3, -0.25) is 9.78 Å². The summed E-state index contributed by atoms with van der Waals surface area (Å²) >= 11 is 0. The third kappa shape index (κ3) is 4.50. The second-order valence-corrected chi connectivity index (χ2v) is 9.02. The van der Waals surface area contributed by atoms with Gasteiger partial charge >= 0.3 is 6.18 Å². The first kappa shape index (κ1) is 23.8. The Morgan fingerprint density at radius 3 is 2.19 bits per heavy atom. The summed E-state index contributed by atoms with van der Waals surface area (Å²) in [7, 11) is 0. The van der Waals surface area contributed by atoms with Crippen molar-refractivity contribution in [1.29, 1.82) is 0 Å². The van der Waals surface area contributed by atoms with Crippen LogP contribution in [0.4, 0.5) is 23.4 Å². The number of aromatic nitrogens is 2. The Hall–Kier alpha value is -3.95. The Morgan fingerprint density at radius 1 is 0.917 bits per heavy atom. The van der Waals surface area contributed by atoms with Gasteiger partial charge in [-0.25, -0.2) is 9.37 Å². The molecule has 0 aliphatic carbocycles. The number of benzene rings is 1. The molecule has 3 aromatic rings. The summed E-state index contributed by atoms with van der Waals surface area (Å²) in [6.45, 7) is 2.03. The lowest BCUT2D eigenvalue weighted by Gasteiger charge is -2.24. The molecule has 1 aromatic carbocycles. The molecule has 2 fully saturated rings. The van der Waals surface area contributed by atoms with Crippen LogP contribution in [0.2, 0.25) is 0 Å². The molecule has 2 N–H and O–H groups in total. The van der Waals surface area contributed by atoms with Crippen LogP contribution in [0.25, 0.3) is 11.3 Å². The molecular formula is C26H23F4N5O. The number of carbonyl (C=O) groups excluding carboxylic acids is 1. The molecule has 5 rings (SSSR count). The molecule has 2 aliphatic rings. The largest absolute Gasteiger partial charge is 0.417 e. The van der Waals surface area contributed by atoms with Gasteiger partial charge in [0.1, 0.15) is 11.6 Å². The molecule has 0 bridgehead atoms. The van der Waals surface area contributed by atoms with Gasteiger partial charge in [-0.15, -0.1) is 0 Å². The topological polar surface area (TPSA) is 75.4 Å². The molecule has 10 heteroatoms. The van der Waals surface area contributed by atoms with E-state index < -0.39 is 17.6 Å². The number of rotatable bonds is 4. The van der Waals surface area contributed by atoms with Crippen molar-refractivity contribution in [2.24, 2.45) is 17.6 Å². The van der Waals surface area contributed by atoms with E-state index in [1.807, 2.05) is 4.90 Å². The Balaban J connectivity index is 1.36. The lowest BCUT2D eigenvalue weighted by molar-refractivity contribution is -0.137. The fourth-order valence-electron chi connectivity index (χ4n) is 4.93. The van der Waals surface area contributed by atoms with Crippen molar-refractivity contribution in [2.45, 2.75) is 6.18 Å². The van der Waals surface area contributed by atoms with E-state index in [1.165, 1.54) is 18.2 Å². The second-order valence-electron chi connectivity index (χ2n) is 9.02. The Bertz CT molecular complexity index is 1280. The van der Waals surface area contributed by atoms with Crippen molar-refractivity contribution < 1.29 is 22.4 Å². The van der Waals surface area contributed by atoms with E-state index in [0.29, 0.717) is 37.7 Å². The minimum absolute atomic E-state index is 0.0180. The van der Waals surface area contributed by atoms with Crippen molar-refractivity contribution in [1.82, 2.24) is 14.9 Å². The van der Waals surface area contributed by atoms with Crippen LogP contribution in [0.1, 0.15) is 16.8 Å². The average molecular weight is 497 g/mol. The minimum atomic E-state index is -4.43. The zero-order valence-electron chi connectivity index (χ0n) is 19.1. The van der Waals surface area contributed by atoms with Gasteiger partial charge < -0.3 is 15.5 Å². The number of likely N-dealkylation sites (tertiary alicyclic amines) is 1. The zero-order valence-corrected chi connectivity index (χ0v) is 19.1. The van der Waals surface area contributed by atoms with E-state index in [9.17, 15) is 22.4 Å². The predicted octanol–water partition coefficient (Wildman–Crippen LogP) is 4.06. The van der Waals surface area contributed by atoms with Gasteiger partial charge in [0.25, 0.3) is 5.91 Å². The zero-order chi connectivity index (χ0) is 25.4. The predicted molar refractivity (Wildman–Crippen MR) is 127 cm³/mol. The molecule has 36 heavy (non-hydrogen) atoms. The van der Waals surface area contributed by atoms with Gasteiger partial charge in [0, 0.05) is 56.0 Å². The fourth-order valence-corrected chi connectivity index (χ4v) is 4.93. The number of amides is 1. The summed E-state index contributed by atoms with van der Waals surface area (Å²) in [5, 5.41) is 0. The maximum Gasteiger partial charge on any atom is 0.417 e. The highest BCUT2D eigenvalue weighted by Gasteiger charge is 2.43. The van der Waals surface area contributed by atoms with Gasteiger partial charge in [-0.05, 0) is 36.4 Å². The van der Waals surface area contributed by atoms with Gasteiger partial charge in [0.2, 0.25) is 0 Å². The lowest BCUT2D eigenvalue weighted by atomic mass is 10.0. The maximum absolute atomic E-state index is 14.5. The minimum Gasteiger partial charge on any atom is -0.397 e. The second kappa shape index (κ2) is 9.25. The molecule has 2 aliphatic heterocycles. The molecule has 2 aromatic heterocycles. The highest BCUT2D eigenvalue weighted by molar-refractivity contribution is 6.26. The standard InChI is InChI=1S/C26H23F4N5O/c27-20-6-2-1-5-19(20)24(31)23(21-7-3-4-10-32-21)25(36)35-14-16-12-34(13-17(16)15-35)22-9-8-18(11-33-22)26(28,29)30/h1-11,16-17H,12-15,31H2. The monoisotopic (exact) mass is 497 g/mol. The van der Waals surface area contributed by atoms with Crippen LogP contribution < -0.4 is 10.6 Å². The van der Waals surface area contributed by atoms with Crippen molar-refractivity contribution in [3.05, 3.63) is 89.6 Å². The number of pyridine rings is 2. The molecular weight excluding hydrogens is 474 g/mol. The fraction of sp³-hybridized carbons (Fsp3) is 0.269. The summed E-state index contributed by atoms with van der Waals surface area (Å²) in [5.41, 5.74) is 6.21. The number of nitrogens with two attached hydrogens (primary N) is 1. The summed E-state index contributed by atoms with van der Waals surface area (Å²) in [6, 6.07) is 13.5. The molecule has 0 saturated carbocycles. The van der Waals surface area contributed by atoms with E-state index in [4.69, 9.17) is 5.73 Å². The highest BCUT2D eigenvalue weighted by Crippen LogP contribution is 2.36. The summed E-state index contributed by atoms with van der Waals surface area (Å²) in [6.07, 6.45) is -2.04. The molecule has 4 heterocycles. The molecule has 2 unspecified atom stereocenters. The van der Waals surface area contributed by atoms with Gasteiger partial charge in [-0.2, -0.15) is 13.2 Å². The van der Waals surface area contributed by atoms with Gasteiger partial charge in [0.05, 0.1) is 22.5 Å². The van der Waals surface area contributed by atoms with Crippen LogP contribution in [0, 0.1) is 17.7 Å². The number of fused-ring (bicyclic) bond motifs is 1. The Morgan fingerprint density at radius 2 is 1.61 bits per heavy atom. The Labute approximate surface area is 205 Å². The van der Waals surface area contributed by atoms with E-state index in [0.717, 1.165) is 12.3 Å². The van der Waals surface area contributed by atoms with E-state index in [1.54, 1.807) is 41.4 Å². The number of nitrogens with zero attached hydrogens (tertiary/aromatic N) is 4. The van der Waals surface area contributed by atoms with Crippen LogP contribution in [0.15, 0.2) is 67.0 Å². The van der Waals surface area contributed by atoms with Crippen molar-refractivity contribution >= 4 is 23.0 Å². The third-order valence-electron chi connectivity index (χ3n) is 6.74. The quantitative estimate of drug-likeness (QED) is 0.435. The van der Waals surface area contributed by atoms with E-state index >= 15 is 0 Å². The number of carbonyl (C=O) groups is 1. The number of hydrogen-bond acceptors (Lipinski definition) is 5. The highest BCUT2D eigenvalue weighted by atomic mass is 19.4. The first-order valence-corrected chi connectivity index (χ1v) is 11.5. The molecule has 0 spiro atoms. The Kier molecular flexibility index (Phi) is 6.11. The van der Waals surface area contributed by atoms with Gasteiger partial charge in [0.15, 0.2) is 0 Å². The van der Waals surface area contributed by atoms with Crippen LogP contribution in [-0.4, -0.2) is 47.0 Å². The maximum atomic E-state index is 14.5. The number of halogens is 4. The molecule has 6 nitrogen and oxygen atoms in total. The summed E-state index contributed by atoms with van der Waals surface area (Å²) < 4.78 is 53.1. The molecule has 2 saturated heterocycles. The molecule has 186 valence electrons. The SMILES string of the molecule is NC(=C(C(=O)N1CC2CN(c3ccc(C(F)(F)F)cn3)CC2C1)c1ccccn1)c1ccccc1F. The van der Waals surface area contributed by atoms with Gasteiger partial charge in [-0.1, -0.05) is 18.2 Å². The van der Waals surface area contributed by atoms with Crippen LogP contribution in [-0.2, 0) is 11.0 Å². The van der Waals surface area contributed by atoms with Crippen LogP contribution >= 0.6 is 0 Å².